The van der Waals surface area contributed by atoms with Crippen molar-refractivity contribution in [2.24, 2.45) is 0 Å². The average molecular weight is 649 g/mol. The van der Waals surface area contributed by atoms with Crippen LogP contribution in [0.4, 0.5) is 0 Å². The number of aryl methyl sites for hydroxylation is 3. The SMILES string of the molecule is CC[NH+](CCCCc1ccccc1)Cc1cc(C[NH+](CC)CCCCc2ccccc2)cc(C[NH+](CC)CCCCc2ccccc2)c1. The smallest absolute Gasteiger partial charge is 0.103 e. The van der Waals surface area contributed by atoms with Gasteiger partial charge in [-0.3, -0.25) is 0 Å². The molecule has 0 fully saturated rings. The summed E-state index contributed by atoms with van der Waals surface area (Å²) in [6.45, 7) is 17.8. The molecule has 4 rings (SSSR count). The lowest BCUT2D eigenvalue weighted by Gasteiger charge is -2.22. The van der Waals surface area contributed by atoms with Crippen LogP contribution in [0.5, 0.6) is 0 Å². The molecule has 0 radical (unpaired) electrons. The highest BCUT2D eigenvalue weighted by atomic mass is 15.1. The van der Waals surface area contributed by atoms with E-state index in [2.05, 4.69) is 130 Å². The van der Waals surface area contributed by atoms with E-state index in [4.69, 9.17) is 0 Å². The van der Waals surface area contributed by atoms with Gasteiger partial charge in [0.25, 0.3) is 0 Å². The maximum atomic E-state index is 2.56. The van der Waals surface area contributed by atoms with Gasteiger partial charge in [-0.05, 0) is 113 Å². The van der Waals surface area contributed by atoms with Crippen molar-refractivity contribution in [2.75, 3.05) is 39.3 Å². The van der Waals surface area contributed by atoms with Crippen molar-refractivity contribution in [1.82, 2.24) is 0 Å². The Balaban J connectivity index is 1.36. The third-order valence-electron chi connectivity index (χ3n) is 10.2. The first-order chi connectivity index (χ1) is 23.6. The Kier molecular flexibility index (Phi) is 17.5. The molecule has 0 saturated carbocycles. The van der Waals surface area contributed by atoms with E-state index in [9.17, 15) is 0 Å². The molecule has 0 aliphatic rings. The Morgan fingerprint density at radius 3 is 0.854 bits per heavy atom. The van der Waals surface area contributed by atoms with Gasteiger partial charge in [0, 0.05) is 16.7 Å². The summed E-state index contributed by atoms with van der Waals surface area (Å²) in [4.78, 5) is 5.15. The first kappa shape index (κ1) is 37.6. The topological polar surface area (TPSA) is 13.3 Å². The van der Waals surface area contributed by atoms with Gasteiger partial charge in [0.15, 0.2) is 0 Å². The van der Waals surface area contributed by atoms with Crippen molar-refractivity contribution in [1.29, 1.82) is 0 Å². The second-order valence-electron chi connectivity index (χ2n) is 14.1. The number of rotatable bonds is 24. The highest BCUT2D eigenvalue weighted by molar-refractivity contribution is 5.29. The van der Waals surface area contributed by atoms with Crippen molar-refractivity contribution < 1.29 is 14.7 Å². The number of benzene rings is 4. The first-order valence-electron chi connectivity index (χ1n) is 19.4. The number of quaternary nitrogens is 3. The van der Waals surface area contributed by atoms with Crippen molar-refractivity contribution >= 4 is 0 Å². The molecule has 3 N–H and O–H groups in total. The molecular formula is C45H66N3+3. The second-order valence-corrected chi connectivity index (χ2v) is 14.1. The maximum Gasteiger partial charge on any atom is 0.103 e. The Labute approximate surface area is 294 Å². The zero-order valence-corrected chi connectivity index (χ0v) is 30.6. The van der Waals surface area contributed by atoms with E-state index in [1.165, 1.54) is 114 Å². The van der Waals surface area contributed by atoms with E-state index in [0.29, 0.717) is 0 Å². The lowest BCUT2D eigenvalue weighted by atomic mass is 10.0. The lowest BCUT2D eigenvalue weighted by molar-refractivity contribution is -0.913. The minimum Gasteiger partial charge on any atom is -0.331 e. The van der Waals surface area contributed by atoms with E-state index in [0.717, 1.165) is 19.6 Å². The van der Waals surface area contributed by atoms with Crippen LogP contribution in [0, 0.1) is 0 Å². The van der Waals surface area contributed by atoms with Crippen LogP contribution in [0.3, 0.4) is 0 Å². The van der Waals surface area contributed by atoms with Crippen LogP contribution in [-0.2, 0) is 38.9 Å². The minimum absolute atomic E-state index is 1.14. The molecule has 4 aromatic carbocycles. The molecule has 3 unspecified atom stereocenters. The van der Waals surface area contributed by atoms with Crippen LogP contribution in [0.25, 0.3) is 0 Å². The molecule has 0 aromatic heterocycles. The molecule has 0 saturated heterocycles. The summed E-state index contributed by atoms with van der Waals surface area (Å²) in [7, 11) is 0. The molecule has 0 aliphatic carbocycles. The molecule has 3 nitrogen and oxygen atoms in total. The van der Waals surface area contributed by atoms with Crippen LogP contribution in [0.15, 0.2) is 109 Å². The third-order valence-corrected chi connectivity index (χ3v) is 10.2. The summed E-state index contributed by atoms with van der Waals surface area (Å²) in [5.41, 5.74) is 9.04. The average Bonchev–Trinajstić information content (AvgIpc) is 3.13. The molecular weight excluding hydrogens is 583 g/mol. The molecule has 0 heterocycles. The number of hydrogen-bond acceptors (Lipinski definition) is 0. The van der Waals surface area contributed by atoms with Crippen LogP contribution in [0.1, 0.15) is 92.7 Å². The number of nitrogens with one attached hydrogen (secondary N) is 3. The van der Waals surface area contributed by atoms with Gasteiger partial charge in [-0.2, -0.15) is 0 Å². The summed E-state index contributed by atoms with van der Waals surface area (Å²) >= 11 is 0. The van der Waals surface area contributed by atoms with Crippen LogP contribution in [0.2, 0.25) is 0 Å². The normalized spacial score (nSPS) is 13.3. The lowest BCUT2D eigenvalue weighted by Crippen LogP contribution is -3.10. The van der Waals surface area contributed by atoms with Gasteiger partial charge in [-0.1, -0.05) is 91.0 Å². The molecule has 0 amide bonds. The van der Waals surface area contributed by atoms with E-state index in [1.54, 1.807) is 31.4 Å². The summed E-state index contributed by atoms with van der Waals surface area (Å²) < 4.78 is 0. The quantitative estimate of drug-likeness (QED) is 0.0776. The Bertz CT molecular complexity index is 1190. The molecule has 0 bridgehead atoms. The Hall–Kier alpha value is -3.24. The third kappa shape index (κ3) is 14.5. The molecule has 48 heavy (non-hydrogen) atoms. The zero-order valence-electron chi connectivity index (χ0n) is 30.6. The van der Waals surface area contributed by atoms with Crippen molar-refractivity contribution in [3.8, 4) is 0 Å². The number of unbranched alkanes of at least 4 members (excludes halogenated alkanes) is 3. The highest BCUT2D eigenvalue weighted by Crippen LogP contribution is 2.11. The van der Waals surface area contributed by atoms with Gasteiger partial charge in [0.1, 0.15) is 19.6 Å². The van der Waals surface area contributed by atoms with Crippen LogP contribution < -0.4 is 14.7 Å². The fourth-order valence-electron chi connectivity index (χ4n) is 7.23. The van der Waals surface area contributed by atoms with Gasteiger partial charge in [0.05, 0.1) is 39.3 Å². The first-order valence-corrected chi connectivity index (χ1v) is 19.4. The standard InChI is InChI=1S/C45H63N3/c1-4-46(31-19-16-28-40-22-10-7-11-23-40)37-43-34-44(38-47(5-2)32-20-17-29-41-24-12-8-13-25-41)36-45(35-43)39-48(6-3)33-21-18-30-42-26-14-9-15-27-42/h7-15,22-27,34-36H,4-6,16-21,28-33,37-39H2,1-3H3/p+3. The summed E-state index contributed by atoms with van der Waals surface area (Å²) in [6.07, 6.45) is 11.3. The summed E-state index contributed by atoms with van der Waals surface area (Å²) in [5, 5.41) is 0. The molecule has 258 valence electrons. The van der Waals surface area contributed by atoms with Crippen molar-refractivity contribution in [3.05, 3.63) is 143 Å². The monoisotopic (exact) mass is 649 g/mol. The van der Waals surface area contributed by atoms with E-state index in [1.807, 2.05) is 0 Å². The minimum atomic E-state index is 1.14. The summed E-state index contributed by atoms with van der Waals surface area (Å²) in [5.74, 6) is 0. The fourth-order valence-corrected chi connectivity index (χ4v) is 7.23. The highest BCUT2D eigenvalue weighted by Gasteiger charge is 2.15. The summed E-state index contributed by atoms with van der Waals surface area (Å²) in [6, 6.07) is 40.7. The van der Waals surface area contributed by atoms with E-state index in [-0.39, 0.29) is 0 Å². The molecule has 0 spiro atoms. The molecule has 0 aliphatic heterocycles. The van der Waals surface area contributed by atoms with E-state index >= 15 is 0 Å². The van der Waals surface area contributed by atoms with Crippen molar-refractivity contribution in [2.45, 2.75) is 98.2 Å². The van der Waals surface area contributed by atoms with Gasteiger partial charge < -0.3 is 14.7 Å². The number of hydrogen-bond donors (Lipinski definition) is 3. The predicted octanol–water partition coefficient (Wildman–Crippen LogP) is 5.97. The maximum absolute atomic E-state index is 2.56. The van der Waals surface area contributed by atoms with Gasteiger partial charge in [-0.15, -0.1) is 0 Å². The zero-order chi connectivity index (χ0) is 33.7. The second kappa shape index (κ2) is 22.4. The molecule has 4 aromatic rings. The largest absolute Gasteiger partial charge is 0.331 e. The Morgan fingerprint density at radius 1 is 0.333 bits per heavy atom. The van der Waals surface area contributed by atoms with Crippen LogP contribution in [-0.4, -0.2) is 39.3 Å². The predicted molar refractivity (Wildman–Crippen MR) is 205 cm³/mol. The van der Waals surface area contributed by atoms with E-state index < -0.39 is 0 Å². The van der Waals surface area contributed by atoms with Crippen LogP contribution >= 0.6 is 0 Å². The van der Waals surface area contributed by atoms with Crippen molar-refractivity contribution in [3.63, 3.8) is 0 Å². The van der Waals surface area contributed by atoms with Gasteiger partial charge in [0.2, 0.25) is 0 Å². The Morgan fingerprint density at radius 2 is 0.604 bits per heavy atom. The molecule has 3 heteroatoms. The van der Waals surface area contributed by atoms with Gasteiger partial charge >= 0.3 is 0 Å². The molecule has 3 atom stereocenters. The fraction of sp³-hybridized carbons (Fsp3) is 0.467. The van der Waals surface area contributed by atoms with Gasteiger partial charge in [-0.25, -0.2) is 0 Å².